The van der Waals surface area contributed by atoms with E-state index in [0.717, 1.165) is 55.7 Å². The van der Waals surface area contributed by atoms with Gasteiger partial charge in [0.15, 0.2) is 0 Å². The molecule has 4 nitrogen and oxygen atoms in total. The summed E-state index contributed by atoms with van der Waals surface area (Å²) >= 11 is 8.22. The monoisotopic (exact) mass is 379 g/mol. The fourth-order valence-electron chi connectivity index (χ4n) is 2.87. The van der Waals surface area contributed by atoms with E-state index in [1.807, 2.05) is 12.1 Å². The molecule has 1 N–H and O–H groups in total. The van der Waals surface area contributed by atoms with Crippen LogP contribution in [0.2, 0.25) is 5.02 Å². The zero-order chi connectivity index (χ0) is 17.9. The average Bonchev–Trinajstić information content (AvgIpc) is 3.06. The maximum atomic E-state index is 6.48. The third-order valence-corrected chi connectivity index (χ3v) is 5.92. The normalized spacial score (nSPS) is 15.6. The Balaban J connectivity index is 1.65. The summed E-state index contributed by atoms with van der Waals surface area (Å²) in [5, 5.41) is 7.63. The lowest BCUT2D eigenvalue weighted by molar-refractivity contribution is 0.122. The molecule has 3 rings (SSSR count). The lowest BCUT2D eigenvalue weighted by Crippen LogP contribution is -2.37. The number of hydrogen-bond acceptors (Lipinski definition) is 5. The van der Waals surface area contributed by atoms with E-state index in [0.29, 0.717) is 0 Å². The minimum atomic E-state index is 0.106. The van der Waals surface area contributed by atoms with E-state index in [4.69, 9.17) is 21.3 Å². The number of halogens is 1. The number of anilines is 1. The topological polar surface area (TPSA) is 37.4 Å². The van der Waals surface area contributed by atoms with Crippen LogP contribution in [0.15, 0.2) is 23.6 Å². The number of hydrogen-bond donors (Lipinski definition) is 1. The van der Waals surface area contributed by atoms with Crippen molar-refractivity contribution in [1.29, 1.82) is 0 Å². The van der Waals surface area contributed by atoms with Gasteiger partial charge < -0.3 is 15.0 Å². The lowest BCUT2D eigenvalue weighted by Gasteiger charge is -2.31. The fourth-order valence-corrected chi connectivity index (χ4v) is 4.01. The van der Waals surface area contributed by atoms with Crippen LogP contribution in [0.4, 0.5) is 5.69 Å². The first-order chi connectivity index (χ1) is 11.9. The molecule has 0 saturated carbocycles. The molecule has 2 heterocycles. The highest BCUT2D eigenvalue weighted by molar-refractivity contribution is 7.09. The molecule has 0 spiro atoms. The van der Waals surface area contributed by atoms with Crippen molar-refractivity contribution in [2.45, 2.75) is 39.3 Å². The van der Waals surface area contributed by atoms with Gasteiger partial charge in [0.05, 0.1) is 23.9 Å². The van der Waals surface area contributed by atoms with E-state index in [2.05, 4.69) is 42.4 Å². The van der Waals surface area contributed by atoms with E-state index in [1.54, 1.807) is 11.3 Å². The van der Waals surface area contributed by atoms with Gasteiger partial charge in [0, 0.05) is 53.2 Å². The van der Waals surface area contributed by atoms with Gasteiger partial charge in [0.2, 0.25) is 0 Å². The molecular formula is C19H26ClN3OS. The Bertz CT molecular complexity index is 705. The van der Waals surface area contributed by atoms with Gasteiger partial charge in [-0.15, -0.1) is 11.3 Å². The molecular weight excluding hydrogens is 354 g/mol. The first-order valence-electron chi connectivity index (χ1n) is 8.71. The van der Waals surface area contributed by atoms with Crippen molar-refractivity contribution >= 4 is 28.6 Å². The van der Waals surface area contributed by atoms with Crippen molar-refractivity contribution < 1.29 is 4.74 Å². The van der Waals surface area contributed by atoms with Crippen LogP contribution in [-0.4, -0.2) is 31.3 Å². The van der Waals surface area contributed by atoms with Gasteiger partial charge in [-0.1, -0.05) is 38.4 Å². The van der Waals surface area contributed by atoms with Gasteiger partial charge in [-0.05, 0) is 12.1 Å². The first-order valence-corrected chi connectivity index (χ1v) is 9.96. The SMILES string of the molecule is CC(C)(C)c1nc(CNCc2c(Cl)cccc2N2CCOCC2)cs1. The molecule has 0 unspecified atom stereocenters. The molecule has 6 heteroatoms. The van der Waals surface area contributed by atoms with Crippen molar-refractivity contribution in [2.75, 3.05) is 31.2 Å². The van der Waals surface area contributed by atoms with Gasteiger partial charge in [-0.25, -0.2) is 4.98 Å². The molecule has 136 valence electrons. The number of morpholine rings is 1. The van der Waals surface area contributed by atoms with Crippen LogP contribution in [0.1, 0.15) is 37.0 Å². The Morgan fingerprint density at radius 3 is 2.68 bits per heavy atom. The molecule has 0 atom stereocenters. The third-order valence-electron chi connectivity index (χ3n) is 4.25. The predicted octanol–water partition coefficient (Wildman–Crippen LogP) is 4.22. The molecule has 1 aromatic heterocycles. The number of rotatable bonds is 5. The summed E-state index contributed by atoms with van der Waals surface area (Å²) in [4.78, 5) is 7.10. The summed E-state index contributed by atoms with van der Waals surface area (Å²) in [5.41, 5.74) is 3.55. The molecule has 2 aromatic rings. The van der Waals surface area contributed by atoms with E-state index in [-0.39, 0.29) is 5.41 Å². The average molecular weight is 380 g/mol. The standard InChI is InChI=1S/C19H26ClN3OS/c1-19(2,3)18-22-14(13-25-18)11-21-12-15-16(20)5-4-6-17(15)23-7-9-24-10-8-23/h4-6,13,21H,7-12H2,1-3H3. The summed E-state index contributed by atoms with van der Waals surface area (Å²) in [6.45, 7) is 11.4. The Labute approximate surface area is 159 Å². The highest BCUT2D eigenvalue weighted by Crippen LogP contribution is 2.29. The molecule has 1 aromatic carbocycles. The van der Waals surface area contributed by atoms with Gasteiger partial charge in [0.1, 0.15) is 0 Å². The van der Waals surface area contributed by atoms with E-state index >= 15 is 0 Å². The lowest BCUT2D eigenvalue weighted by atomic mass is 9.98. The quantitative estimate of drug-likeness (QED) is 0.843. The maximum absolute atomic E-state index is 6.48. The summed E-state index contributed by atoms with van der Waals surface area (Å²) in [6, 6.07) is 6.13. The van der Waals surface area contributed by atoms with Crippen LogP contribution in [0.5, 0.6) is 0 Å². The van der Waals surface area contributed by atoms with E-state index < -0.39 is 0 Å². The van der Waals surface area contributed by atoms with Gasteiger partial charge in [-0.3, -0.25) is 0 Å². The van der Waals surface area contributed by atoms with Crippen LogP contribution >= 0.6 is 22.9 Å². The highest BCUT2D eigenvalue weighted by Gasteiger charge is 2.19. The summed E-state index contributed by atoms with van der Waals surface area (Å²) in [7, 11) is 0. The molecule has 1 fully saturated rings. The first kappa shape index (κ1) is 18.6. The smallest absolute Gasteiger partial charge is 0.0982 e. The van der Waals surface area contributed by atoms with E-state index in [1.165, 1.54) is 10.7 Å². The molecule has 1 aliphatic rings. The Hall–Kier alpha value is -1.14. The number of nitrogens with one attached hydrogen (secondary N) is 1. The van der Waals surface area contributed by atoms with Crippen molar-refractivity contribution in [3.05, 3.63) is 44.9 Å². The fraction of sp³-hybridized carbons (Fsp3) is 0.526. The van der Waals surface area contributed by atoms with Gasteiger partial charge in [0.25, 0.3) is 0 Å². The largest absolute Gasteiger partial charge is 0.378 e. The van der Waals surface area contributed by atoms with Crippen molar-refractivity contribution in [3.63, 3.8) is 0 Å². The zero-order valence-corrected chi connectivity index (χ0v) is 16.7. The minimum Gasteiger partial charge on any atom is -0.378 e. The molecule has 1 aliphatic heterocycles. The zero-order valence-electron chi connectivity index (χ0n) is 15.1. The molecule has 25 heavy (non-hydrogen) atoms. The Morgan fingerprint density at radius 2 is 2.00 bits per heavy atom. The Morgan fingerprint density at radius 1 is 1.24 bits per heavy atom. The minimum absolute atomic E-state index is 0.106. The Kier molecular flexibility index (Phi) is 6.00. The second kappa shape index (κ2) is 8.04. The highest BCUT2D eigenvalue weighted by atomic mass is 35.5. The number of nitrogens with zero attached hydrogens (tertiary/aromatic N) is 2. The molecule has 0 amide bonds. The van der Waals surface area contributed by atoms with Crippen LogP contribution in [0.25, 0.3) is 0 Å². The molecule has 0 bridgehead atoms. The van der Waals surface area contributed by atoms with Crippen molar-refractivity contribution in [1.82, 2.24) is 10.3 Å². The third kappa shape index (κ3) is 4.73. The second-order valence-electron chi connectivity index (χ2n) is 7.33. The molecule has 0 aliphatic carbocycles. The number of ether oxygens (including phenoxy) is 1. The number of thiazole rings is 1. The summed E-state index contributed by atoms with van der Waals surface area (Å²) in [6.07, 6.45) is 0. The van der Waals surface area contributed by atoms with Crippen LogP contribution < -0.4 is 10.2 Å². The van der Waals surface area contributed by atoms with Crippen LogP contribution in [0, 0.1) is 0 Å². The van der Waals surface area contributed by atoms with Gasteiger partial charge in [-0.2, -0.15) is 0 Å². The number of aromatic nitrogens is 1. The van der Waals surface area contributed by atoms with Crippen molar-refractivity contribution in [3.8, 4) is 0 Å². The summed E-state index contributed by atoms with van der Waals surface area (Å²) in [5.74, 6) is 0. The van der Waals surface area contributed by atoms with Gasteiger partial charge >= 0.3 is 0 Å². The second-order valence-corrected chi connectivity index (χ2v) is 8.60. The molecule has 0 radical (unpaired) electrons. The molecule has 1 saturated heterocycles. The summed E-state index contributed by atoms with van der Waals surface area (Å²) < 4.78 is 5.46. The predicted molar refractivity (Wildman–Crippen MR) is 106 cm³/mol. The van der Waals surface area contributed by atoms with Crippen LogP contribution in [0.3, 0.4) is 0 Å². The van der Waals surface area contributed by atoms with Crippen molar-refractivity contribution in [2.24, 2.45) is 0 Å². The van der Waals surface area contributed by atoms with E-state index in [9.17, 15) is 0 Å². The van der Waals surface area contributed by atoms with Crippen LogP contribution in [-0.2, 0) is 23.2 Å². The maximum Gasteiger partial charge on any atom is 0.0982 e. The number of benzene rings is 1.